The minimum atomic E-state index is 0. The van der Waals surface area contributed by atoms with E-state index in [1.165, 1.54) is 43.8 Å². The summed E-state index contributed by atoms with van der Waals surface area (Å²) in [5.41, 5.74) is 22.7. The van der Waals surface area contributed by atoms with Crippen molar-refractivity contribution in [2.24, 2.45) is 0 Å². The third kappa shape index (κ3) is 11.1. The smallest absolute Gasteiger partial charge is 0.0540 e. The fourth-order valence-electron chi connectivity index (χ4n) is 12.2. The van der Waals surface area contributed by atoms with Crippen LogP contribution in [0, 0.1) is 13.8 Å². The van der Waals surface area contributed by atoms with Gasteiger partial charge in [0.15, 0.2) is 0 Å². The van der Waals surface area contributed by atoms with Gasteiger partial charge in [0.25, 0.3) is 0 Å². The maximum absolute atomic E-state index is 2.37. The van der Waals surface area contributed by atoms with E-state index in [1.807, 2.05) is 0 Å². The minimum Gasteiger partial charge on any atom is -0.310 e. The summed E-state index contributed by atoms with van der Waals surface area (Å²) < 4.78 is 0. The van der Waals surface area contributed by atoms with Gasteiger partial charge in [0.2, 0.25) is 0 Å². The second-order valence-corrected chi connectivity index (χ2v) is 21.9. The van der Waals surface area contributed by atoms with Gasteiger partial charge in [-0.1, -0.05) is 214 Å². The van der Waals surface area contributed by atoms with Crippen LogP contribution < -0.4 is 19.6 Å². The third-order valence-electron chi connectivity index (χ3n) is 16.5. The van der Waals surface area contributed by atoms with Crippen LogP contribution in [0.15, 0.2) is 340 Å². The molecule has 0 saturated heterocycles. The largest absolute Gasteiger partial charge is 0.310 e. The Kier molecular flexibility index (Phi) is 15.5. The first-order valence-corrected chi connectivity index (χ1v) is 29.5. The zero-order valence-electron chi connectivity index (χ0n) is 48.1. The van der Waals surface area contributed by atoms with E-state index in [0.717, 1.165) is 90.5 Å². The van der Waals surface area contributed by atoms with Gasteiger partial charge in [-0.05, 0) is 203 Å². The van der Waals surface area contributed by atoms with Crippen molar-refractivity contribution in [2.45, 2.75) is 21.3 Å². The molecule has 0 aromatic heterocycles. The molecular formula is C83H66N4. The Labute approximate surface area is 512 Å². The number of hydrogen-bond acceptors (Lipinski definition) is 4. The molecule has 0 unspecified atom stereocenters. The van der Waals surface area contributed by atoms with E-state index in [0.29, 0.717) is 0 Å². The van der Waals surface area contributed by atoms with Gasteiger partial charge < -0.3 is 19.6 Å². The Morgan fingerprint density at radius 2 is 0.414 bits per heavy atom. The van der Waals surface area contributed by atoms with Crippen LogP contribution in [-0.4, -0.2) is 0 Å². The SMILES string of the molecule is C.Cc1cc(-c2ccc(N(c3ccccc3)c3ccc(-c4ccc(N(c5ccccc5)c5cccc6ccccc56)cc4)cc3)c(C)c2)ccc1N(c1ccccc1)c1ccc(-c2ccc(N(c3ccccc3)c3cccc4ccccc34)cc2)cc1. The van der Waals surface area contributed by atoms with Crippen LogP contribution >= 0.6 is 0 Å². The van der Waals surface area contributed by atoms with E-state index in [4.69, 9.17) is 0 Å². The van der Waals surface area contributed by atoms with Crippen LogP contribution in [0.5, 0.6) is 0 Å². The van der Waals surface area contributed by atoms with Crippen LogP contribution in [0.25, 0.3) is 54.9 Å². The summed E-state index contributed by atoms with van der Waals surface area (Å²) >= 11 is 0. The molecule has 0 radical (unpaired) electrons. The number of aryl methyl sites for hydroxylation is 2. The summed E-state index contributed by atoms with van der Waals surface area (Å²) in [6.45, 7) is 4.45. The van der Waals surface area contributed by atoms with Crippen LogP contribution in [0.4, 0.5) is 68.2 Å². The Balaban J connectivity index is 0.00000700. The van der Waals surface area contributed by atoms with Gasteiger partial charge in [0, 0.05) is 67.6 Å². The van der Waals surface area contributed by atoms with Crippen molar-refractivity contribution in [2.75, 3.05) is 19.6 Å². The van der Waals surface area contributed by atoms with Crippen molar-refractivity contribution < 1.29 is 0 Å². The molecule has 87 heavy (non-hydrogen) atoms. The van der Waals surface area contributed by atoms with Gasteiger partial charge in [-0.3, -0.25) is 0 Å². The Hall–Kier alpha value is -11.2. The molecule has 14 rings (SSSR count). The molecule has 0 fully saturated rings. The highest BCUT2D eigenvalue weighted by Gasteiger charge is 2.21. The predicted molar refractivity (Wildman–Crippen MR) is 373 cm³/mol. The van der Waals surface area contributed by atoms with Crippen molar-refractivity contribution in [1.29, 1.82) is 0 Å². The third-order valence-corrected chi connectivity index (χ3v) is 16.5. The monoisotopic (exact) mass is 1120 g/mol. The molecule has 418 valence electrons. The average Bonchev–Trinajstić information content (AvgIpc) is 3.63. The Morgan fingerprint density at radius 1 is 0.184 bits per heavy atom. The predicted octanol–water partition coefficient (Wildman–Crippen LogP) is 24.1. The summed E-state index contributed by atoms with van der Waals surface area (Å²) in [6.07, 6.45) is 0. The minimum absolute atomic E-state index is 0. The molecule has 4 heteroatoms. The summed E-state index contributed by atoms with van der Waals surface area (Å²) in [4.78, 5) is 9.44. The highest BCUT2D eigenvalue weighted by atomic mass is 15.2. The lowest BCUT2D eigenvalue weighted by Crippen LogP contribution is -2.11. The number of para-hydroxylation sites is 4. The second-order valence-electron chi connectivity index (χ2n) is 21.9. The topological polar surface area (TPSA) is 13.0 Å². The van der Waals surface area contributed by atoms with Crippen molar-refractivity contribution in [1.82, 2.24) is 0 Å². The van der Waals surface area contributed by atoms with E-state index in [1.54, 1.807) is 0 Å². The fraction of sp³-hybridized carbons (Fsp3) is 0.0361. The maximum atomic E-state index is 2.37. The van der Waals surface area contributed by atoms with Gasteiger partial charge >= 0.3 is 0 Å². The second kappa shape index (κ2) is 24.6. The Bertz CT molecular complexity index is 4310. The molecule has 0 amide bonds. The lowest BCUT2D eigenvalue weighted by molar-refractivity contribution is 1.24. The number of hydrogen-bond donors (Lipinski definition) is 0. The highest BCUT2D eigenvalue weighted by molar-refractivity contribution is 6.00. The molecule has 4 nitrogen and oxygen atoms in total. The normalized spacial score (nSPS) is 11.0. The summed E-state index contributed by atoms with van der Waals surface area (Å²) in [5, 5.41) is 4.86. The van der Waals surface area contributed by atoms with Crippen LogP contribution in [0.2, 0.25) is 0 Å². The average molecular weight is 1120 g/mol. The molecule has 14 aromatic rings. The zero-order chi connectivity index (χ0) is 57.8. The molecule has 0 heterocycles. The van der Waals surface area contributed by atoms with Crippen molar-refractivity contribution in [3.8, 4) is 33.4 Å². The summed E-state index contributed by atoms with van der Waals surface area (Å²) in [7, 11) is 0. The first-order chi connectivity index (χ1) is 42.5. The van der Waals surface area contributed by atoms with Crippen molar-refractivity contribution in [3.63, 3.8) is 0 Å². The molecule has 0 atom stereocenters. The van der Waals surface area contributed by atoms with Crippen LogP contribution in [-0.2, 0) is 0 Å². The van der Waals surface area contributed by atoms with Crippen molar-refractivity contribution >= 4 is 89.8 Å². The number of benzene rings is 14. The number of fused-ring (bicyclic) bond motifs is 2. The summed E-state index contributed by atoms with van der Waals surface area (Å²) in [6, 6.07) is 123. The maximum Gasteiger partial charge on any atom is 0.0540 e. The lowest BCUT2D eigenvalue weighted by atomic mass is 9.98. The first kappa shape index (κ1) is 55.0. The number of nitrogens with zero attached hydrogens (tertiary/aromatic N) is 4. The van der Waals surface area contributed by atoms with Gasteiger partial charge in [0.05, 0.1) is 11.4 Å². The summed E-state index contributed by atoms with van der Waals surface area (Å²) in [5.74, 6) is 0. The molecule has 14 aromatic carbocycles. The first-order valence-electron chi connectivity index (χ1n) is 29.5. The van der Waals surface area contributed by atoms with Gasteiger partial charge in [-0.2, -0.15) is 0 Å². The zero-order valence-corrected chi connectivity index (χ0v) is 48.1. The fourth-order valence-corrected chi connectivity index (χ4v) is 12.2. The molecule has 0 spiro atoms. The van der Waals surface area contributed by atoms with E-state index in [-0.39, 0.29) is 7.43 Å². The Morgan fingerprint density at radius 3 is 0.701 bits per heavy atom. The van der Waals surface area contributed by atoms with Crippen LogP contribution in [0.3, 0.4) is 0 Å². The standard InChI is InChI=1S/C82H62N4.CH4/c1-59-57-67(45-55-79(59)83(69-25-7-3-8-26-69)73-47-37-61(38-48-73)63-41-51-75(52-42-63)85(71-29-11-5-12-30-71)81-35-19-23-65-21-15-17-33-77(65)81)68-46-56-80(60(2)58-68)84(70-27-9-4-10-28-70)74-49-39-62(40-50-74)64-43-53-76(54-44-64)86(72-31-13-6-14-32-72)82-36-20-24-66-22-16-18-34-78(66)82;/h3-58H,1-2H3;1H4. The molecular weight excluding hydrogens is 1050 g/mol. The molecule has 0 N–H and O–H groups in total. The van der Waals surface area contributed by atoms with E-state index in [2.05, 4.69) is 373 Å². The quantitative estimate of drug-likeness (QED) is 0.101. The van der Waals surface area contributed by atoms with Gasteiger partial charge in [-0.15, -0.1) is 0 Å². The number of anilines is 12. The van der Waals surface area contributed by atoms with Crippen LogP contribution in [0.1, 0.15) is 18.6 Å². The van der Waals surface area contributed by atoms with E-state index in [9.17, 15) is 0 Å². The molecule has 0 aliphatic heterocycles. The van der Waals surface area contributed by atoms with Crippen molar-refractivity contribution in [3.05, 3.63) is 351 Å². The molecule has 0 bridgehead atoms. The molecule has 0 aliphatic rings. The van der Waals surface area contributed by atoms with Gasteiger partial charge in [0.1, 0.15) is 0 Å². The molecule has 0 aliphatic carbocycles. The number of rotatable bonds is 15. The van der Waals surface area contributed by atoms with E-state index >= 15 is 0 Å². The molecule has 0 saturated carbocycles. The van der Waals surface area contributed by atoms with Gasteiger partial charge in [-0.25, -0.2) is 0 Å². The van der Waals surface area contributed by atoms with E-state index < -0.39 is 0 Å². The highest BCUT2D eigenvalue weighted by Crippen LogP contribution is 2.45. The lowest BCUT2D eigenvalue weighted by Gasteiger charge is -2.28.